The van der Waals surface area contributed by atoms with E-state index in [1.807, 2.05) is 30.3 Å². The van der Waals surface area contributed by atoms with Crippen LogP contribution in [0.15, 0.2) is 36.4 Å². The van der Waals surface area contributed by atoms with Crippen molar-refractivity contribution in [2.24, 2.45) is 11.7 Å². The van der Waals surface area contributed by atoms with Gasteiger partial charge in [-0.05, 0) is 80.1 Å². The van der Waals surface area contributed by atoms with Crippen molar-refractivity contribution in [2.45, 2.75) is 31.8 Å². The number of nitrogens with zero attached hydrogens (tertiary/aromatic N) is 1. The maximum atomic E-state index is 11.5. The van der Waals surface area contributed by atoms with E-state index in [0.29, 0.717) is 34.4 Å². The Hall–Kier alpha value is -2.28. The van der Waals surface area contributed by atoms with Crippen molar-refractivity contribution in [1.29, 1.82) is 0 Å². The molecule has 1 fully saturated rings. The minimum absolute atomic E-state index is 0.312. The molecule has 7 heteroatoms. The van der Waals surface area contributed by atoms with Crippen molar-refractivity contribution in [2.75, 3.05) is 32.5 Å². The molecule has 2 aromatic carbocycles. The van der Waals surface area contributed by atoms with Gasteiger partial charge < -0.3 is 26.2 Å². The summed E-state index contributed by atoms with van der Waals surface area (Å²) >= 11 is 6.01. The van der Waals surface area contributed by atoms with Gasteiger partial charge in [-0.25, -0.2) is 0 Å². The molecule has 3 rings (SSSR count). The Bertz CT molecular complexity index is 882. The number of aliphatic hydroxyl groups excluding tert-OH is 1. The minimum atomic E-state index is -0.543. The Morgan fingerprint density at radius 1 is 1.30 bits per heavy atom. The van der Waals surface area contributed by atoms with Gasteiger partial charge in [-0.2, -0.15) is 0 Å². The molecule has 0 aliphatic carbocycles. The third kappa shape index (κ3) is 5.65. The summed E-state index contributed by atoms with van der Waals surface area (Å²) in [5, 5.41) is 11.1. The molecular weight excluding hydrogens is 402 g/mol. The van der Waals surface area contributed by atoms with E-state index in [4.69, 9.17) is 27.8 Å². The fourth-order valence-corrected chi connectivity index (χ4v) is 4.29. The predicted molar refractivity (Wildman–Crippen MR) is 120 cm³/mol. The van der Waals surface area contributed by atoms with Crippen LogP contribution in [0.3, 0.4) is 0 Å². The molecule has 1 aliphatic rings. The molecule has 1 aliphatic heterocycles. The van der Waals surface area contributed by atoms with E-state index in [1.54, 1.807) is 6.07 Å². The molecule has 0 aromatic heterocycles. The third-order valence-corrected chi connectivity index (χ3v) is 6.13. The van der Waals surface area contributed by atoms with Crippen LogP contribution in [0.5, 0.6) is 5.75 Å². The van der Waals surface area contributed by atoms with Gasteiger partial charge in [-0.1, -0.05) is 23.7 Å². The van der Waals surface area contributed by atoms with Crippen molar-refractivity contribution in [1.82, 2.24) is 4.90 Å². The lowest BCUT2D eigenvalue weighted by molar-refractivity contribution is 0.0997. The lowest BCUT2D eigenvalue weighted by Gasteiger charge is -2.32. The molecule has 0 radical (unpaired) electrons. The van der Waals surface area contributed by atoms with Gasteiger partial charge in [0.15, 0.2) is 0 Å². The van der Waals surface area contributed by atoms with Crippen molar-refractivity contribution in [3.63, 3.8) is 0 Å². The number of piperidine rings is 1. The quantitative estimate of drug-likeness (QED) is 0.556. The molecule has 5 N–H and O–H groups in total. The first kappa shape index (κ1) is 22.4. The molecule has 0 saturated carbocycles. The molecule has 1 saturated heterocycles. The van der Waals surface area contributed by atoms with E-state index in [9.17, 15) is 9.90 Å². The third-order valence-electron chi connectivity index (χ3n) is 5.89. The number of methoxy groups -OCH3 is 1. The number of carbonyl (C=O) groups excluding carboxylic acids is 1. The number of carbonyl (C=O) groups is 1. The fourth-order valence-electron chi connectivity index (χ4n) is 4.09. The predicted octanol–water partition coefficient (Wildman–Crippen LogP) is 3.41. The number of hydrogen-bond acceptors (Lipinski definition) is 5. The molecule has 162 valence electrons. The number of likely N-dealkylation sites (tertiary alicyclic amines) is 1. The van der Waals surface area contributed by atoms with Crippen molar-refractivity contribution in [3.05, 3.63) is 58.1 Å². The molecule has 1 heterocycles. The zero-order valence-corrected chi connectivity index (χ0v) is 18.1. The van der Waals surface area contributed by atoms with Crippen LogP contribution in [-0.2, 0) is 6.42 Å². The number of nitrogen functional groups attached to an aromatic ring is 1. The van der Waals surface area contributed by atoms with Gasteiger partial charge in [0.1, 0.15) is 5.75 Å². The standard InChI is InChI=1S/C23H30ClN3O3/c1-30-22-13-17(20(25)14-19(22)23(26)29)11-15-5-8-27(9-6-15)10-7-21(28)16-3-2-4-18(24)12-16/h2-4,12-15,21,28H,5-11,25H2,1H3,(H2,26,29). The lowest BCUT2D eigenvalue weighted by atomic mass is 9.89. The van der Waals surface area contributed by atoms with E-state index in [0.717, 1.165) is 50.0 Å². The highest BCUT2D eigenvalue weighted by Crippen LogP contribution is 2.30. The average Bonchev–Trinajstić information content (AvgIpc) is 2.74. The van der Waals surface area contributed by atoms with Gasteiger partial charge >= 0.3 is 0 Å². The number of anilines is 1. The first-order chi connectivity index (χ1) is 14.4. The van der Waals surface area contributed by atoms with Gasteiger partial charge in [0, 0.05) is 17.3 Å². The number of aliphatic hydroxyl groups is 1. The molecular formula is C23H30ClN3O3. The Kier molecular flexibility index (Phi) is 7.58. The highest BCUT2D eigenvalue weighted by Gasteiger charge is 2.22. The van der Waals surface area contributed by atoms with E-state index < -0.39 is 12.0 Å². The van der Waals surface area contributed by atoms with Crippen molar-refractivity contribution < 1.29 is 14.6 Å². The zero-order valence-electron chi connectivity index (χ0n) is 17.3. The number of benzene rings is 2. The van der Waals surface area contributed by atoms with Gasteiger partial charge in [0.05, 0.1) is 18.8 Å². The smallest absolute Gasteiger partial charge is 0.252 e. The van der Waals surface area contributed by atoms with Crippen molar-refractivity contribution >= 4 is 23.2 Å². The van der Waals surface area contributed by atoms with Crippen LogP contribution in [0.1, 0.15) is 46.9 Å². The zero-order chi connectivity index (χ0) is 21.7. The average molecular weight is 432 g/mol. The first-order valence-corrected chi connectivity index (χ1v) is 10.7. The van der Waals surface area contributed by atoms with Crippen LogP contribution in [0, 0.1) is 5.92 Å². The second-order valence-corrected chi connectivity index (χ2v) is 8.40. The summed E-state index contributed by atoms with van der Waals surface area (Å²) in [7, 11) is 1.53. The van der Waals surface area contributed by atoms with Gasteiger partial charge in [-0.3, -0.25) is 4.79 Å². The second kappa shape index (κ2) is 10.2. The molecule has 0 spiro atoms. The summed E-state index contributed by atoms with van der Waals surface area (Å²) in [6, 6.07) is 10.9. The molecule has 0 bridgehead atoms. The number of amides is 1. The minimum Gasteiger partial charge on any atom is -0.496 e. The Labute approximate surface area is 182 Å². The number of ether oxygens (including phenoxy) is 1. The second-order valence-electron chi connectivity index (χ2n) is 7.96. The van der Waals surface area contributed by atoms with E-state index in [1.165, 1.54) is 7.11 Å². The van der Waals surface area contributed by atoms with E-state index >= 15 is 0 Å². The summed E-state index contributed by atoms with van der Waals surface area (Å²) in [6.45, 7) is 2.83. The van der Waals surface area contributed by atoms with Crippen LogP contribution >= 0.6 is 11.6 Å². The number of halogens is 1. The molecule has 6 nitrogen and oxygen atoms in total. The molecule has 2 aromatic rings. The Morgan fingerprint density at radius 3 is 2.67 bits per heavy atom. The fraction of sp³-hybridized carbons (Fsp3) is 0.435. The normalized spacial score (nSPS) is 16.4. The molecule has 30 heavy (non-hydrogen) atoms. The van der Waals surface area contributed by atoms with Crippen LogP contribution in [0.2, 0.25) is 5.02 Å². The van der Waals surface area contributed by atoms with E-state index in [2.05, 4.69) is 4.90 Å². The maximum Gasteiger partial charge on any atom is 0.252 e. The molecule has 1 amide bonds. The van der Waals surface area contributed by atoms with Crippen LogP contribution in [-0.4, -0.2) is 42.7 Å². The summed E-state index contributed by atoms with van der Waals surface area (Å²) in [5.74, 6) is 0.447. The maximum absolute atomic E-state index is 11.5. The van der Waals surface area contributed by atoms with E-state index in [-0.39, 0.29) is 0 Å². The largest absolute Gasteiger partial charge is 0.496 e. The molecule has 1 atom stereocenters. The molecule has 1 unspecified atom stereocenters. The Balaban J connectivity index is 1.50. The highest BCUT2D eigenvalue weighted by molar-refractivity contribution is 6.30. The van der Waals surface area contributed by atoms with Gasteiger partial charge in [0.2, 0.25) is 0 Å². The van der Waals surface area contributed by atoms with Gasteiger partial charge in [-0.15, -0.1) is 0 Å². The first-order valence-electron chi connectivity index (χ1n) is 10.3. The monoisotopic (exact) mass is 431 g/mol. The van der Waals surface area contributed by atoms with Crippen LogP contribution in [0.4, 0.5) is 5.69 Å². The Morgan fingerprint density at radius 2 is 2.03 bits per heavy atom. The highest BCUT2D eigenvalue weighted by atomic mass is 35.5. The van der Waals surface area contributed by atoms with Crippen LogP contribution < -0.4 is 16.2 Å². The van der Waals surface area contributed by atoms with Gasteiger partial charge in [0.25, 0.3) is 5.91 Å². The number of hydrogen-bond donors (Lipinski definition) is 3. The van der Waals surface area contributed by atoms with Crippen LogP contribution in [0.25, 0.3) is 0 Å². The summed E-state index contributed by atoms with van der Waals surface area (Å²) < 4.78 is 5.31. The summed E-state index contributed by atoms with van der Waals surface area (Å²) in [5.41, 5.74) is 14.3. The topological polar surface area (TPSA) is 102 Å². The summed E-state index contributed by atoms with van der Waals surface area (Å²) in [4.78, 5) is 13.9. The van der Waals surface area contributed by atoms with Crippen molar-refractivity contribution in [3.8, 4) is 5.75 Å². The number of nitrogens with two attached hydrogens (primary N) is 2. The number of primary amides is 1. The number of rotatable bonds is 8. The SMILES string of the molecule is COc1cc(CC2CCN(CCC(O)c3cccc(Cl)c3)CC2)c(N)cc1C(N)=O. The summed E-state index contributed by atoms with van der Waals surface area (Å²) in [6.07, 6.45) is 3.15. The lowest BCUT2D eigenvalue weighted by Crippen LogP contribution is -2.35.